The van der Waals surface area contributed by atoms with E-state index in [4.69, 9.17) is 23.7 Å². The predicted octanol–water partition coefficient (Wildman–Crippen LogP) is 3.44. The van der Waals surface area contributed by atoms with E-state index >= 15 is 0 Å². The quantitative estimate of drug-likeness (QED) is 0.545. The van der Waals surface area contributed by atoms with Crippen molar-refractivity contribution in [2.75, 3.05) is 61.7 Å². The molecule has 0 N–H and O–H groups in total. The van der Waals surface area contributed by atoms with Gasteiger partial charge in [-0.15, -0.1) is 12.4 Å². The van der Waals surface area contributed by atoms with Crippen molar-refractivity contribution in [3.63, 3.8) is 0 Å². The van der Waals surface area contributed by atoms with Crippen LogP contribution in [0.1, 0.15) is 16.7 Å². The van der Waals surface area contributed by atoms with E-state index in [2.05, 4.69) is 4.90 Å². The highest BCUT2D eigenvalue weighted by Crippen LogP contribution is 2.39. The summed E-state index contributed by atoms with van der Waals surface area (Å²) < 4.78 is 27.2. The van der Waals surface area contributed by atoms with Gasteiger partial charge in [0.15, 0.2) is 23.0 Å². The van der Waals surface area contributed by atoms with Crippen LogP contribution < -0.4 is 23.7 Å². The zero-order chi connectivity index (χ0) is 24.2. The Labute approximate surface area is 212 Å². The molecule has 0 bridgehead atoms. The lowest BCUT2D eigenvalue weighted by molar-refractivity contribution is -0.128. The topological polar surface area (TPSA) is 69.7 Å². The maximum absolute atomic E-state index is 13.2. The normalized spacial score (nSPS) is 15.0. The summed E-state index contributed by atoms with van der Waals surface area (Å²) in [7, 11) is 8.08. The number of halogens is 1. The fraction of sp³-hybridized carbons (Fsp3) is 0.423. The predicted molar refractivity (Wildman–Crippen MR) is 136 cm³/mol. The molecule has 0 radical (unpaired) electrons. The Balaban J connectivity index is 0.00000342. The molecule has 1 heterocycles. The number of piperazine rings is 1. The van der Waals surface area contributed by atoms with Gasteiger partial charge < -0.3 is 28.6 Å². The molecule has 9 heteroatoms. The average Bonchev–Trinajstić information content (AvgIpc) is 3.30. The van der Waals surface area contributed by atoms with Crippen LogP contribution >= 0.6 is 12.4 Å². The van der Waals surface area contributed by atoms with E-state index < -0.39 is 0 Å². The van der Waals surface area contributed by atoms with Crippen LogP contribution in [0.15, 0.2) is 29.8 Å². The highest BCUT2D eigenvalue weighted by molar-refractivity contribution is 6.00. The lowest BCUT2D eigenvalue weighted by atomic mass is 10.1. The van der Waals surface area contributed by atoms with Crippen molar-refractivity contribution in [2.45, 2.75) is 13.0 Å². The van der Waals surface area contributed by atoms with Crippen molar-refractivity contribution in [1.82, 2.24) is 9.80 Å². The van der Waals surface area contributed by atoms with Crippen LogP contribution in [0.25, 0.3) is 6.08 Å². The molecule has 8 nitrogen and oxygen atoms in total. The van der Waals surface area contributed by atoms with Gasteiger partial charge in [-0.1, -0.05) is 0 Å². The molecule has 35 heavy (non-hydrogen) atoms. The van der Waals surface area contributed by atoms with Gasteiger partial charge >= 0.3 is 0 Å². The second-order valence-electron chi connectivity index (χ2n) is 8.35. The fourth-order valence-electron chi connectivity index (χ4n) is 4.60. The summed E-state index contributed by atoms with van der Waals surface area (Å²) in [6.07, 6.45) is 2.59. The van der Waals surface area contributed by atoms with E-state index in [0.29, 0.717) is 48.3 Å². The molecule has 0 spiro atoms. The minimum absolute atomic E-state index is 0. The zero-order valence-electron chi connectivity index (χ0n) is 20.9. The number of methoxy groups -OCH3 is 5. The molecule has 0 saturated carbocycles. The second kappa shape index (κ2) is 11.6. The Morgan fingerprint density at radius 2 is 1.34 bits per heavy atom. The molecule has 1 aliphatic carbocycles. The van der Waals surface area contributed by atoms with Crippen LogP contribution in [-0.4, -0.2) is 77.4 Å². The fourth-order valence-corrected chi connectivity index (χ4v) is 4.60. The van der Waals surface area contributed by atoms with Crippen LogP contribution in [0.2, 0.25) is 0 Å². The van der Waals surface area contributed by atoms with Crippen molar-refractivity contribution < 1.29 is 28.5 Å². The SMILES string of the molecule is COc1cc2c(cc1OC)CC(C(=O)N1CCN(Cc3cc(OC)c(OC)c(OC)c3)CC1)=C2.Cl. The summed E-state index contributed by atoms with van der Waals surface area (Å²) in [6, 6.07) is 7.84. The number of benzene rings is 2. The maximum atomic E-state index is 13.2. The Morgan fingerprint density at radius 3 is 1.89 bits per heavy atom. The number of ether oxygens (including phenoxy) is 5. The first-order valence-corrected chi connectivity index (χ1v) is 11.3. The first kappa shape index (κ1) is 26.5. The molecule has 2 aromatic carbocycles. The lowest BCUT2D eigenvalue weighted by Gasteiger charge is -2.35. The van der Waals surface area contributed by atoms with Crippen molar-refractivity contribution in [2.24, 2.45) is 0 Å². The molecule has 2 aliphatic rings. The maximum Gasteiger partial charge on any atom is 0.250 e. The minimum atomic E-state index is 0. The van der Waals surface area contributed by atoms with Crippen LogP contribution in [0.3, 0.4) is 0 Å². The van der Waals surface area contributed by atoms with Gasteiger partial charge in [0.05, 0.1) is 35.5 Å². The van der Waals surface area contributed by atoms with Crippen LogP contribution in [0.4, 0.5) is 0 Å². The summed E-state index contributed by atoms with van der Waals surface area (Å²) in [5, 5.41) is 0. The molecule has 0 atom stereocenters. The van der Waals surface area contributed by atoms with Gasteiger partial charge in [0, 0.05) is 44.7 Å². The summed E-state index contributed by atoms with van der Waals surface area (Å²) in [6.45, 7) is 3.70. The molecule has 0 unspecified atom stereocenters. The average molecular weight is 505 g/mol. The van der Waals surface area contributed by atoms with Crippen molar-refractivity contribution in [3.8, 4) is 28.7 Å². The first-order valence-electron chi connectivity index (χ1n) is 11.3. The number of carbonyl (C=O) groups excluding carboxylic acids is 1. The van der Waals surface area contributed by atoms with Crippen molar-refractivity contribution in [3.05, 3.63) is 46.5 Å². The molecular formula is C26H33ClN2O6. The van der Waals surface area contributed by atoms with E-state index in [9.17, 15) is 4.79 Å². The molecule has 1 amide bonds. The Morgan fingerprint density at radius 1 is 0.771 bits per heavy atom. The van der Waals surface area contributed by atoms with Crippen LogP contribution in [0, 0.1) is 0 Å². The summed E-state index contributed by atoms with van der Waals surface area (Å²) in [4.78, 5) is 17.5. The third-order valence-electron chi connectivity index (χ3n) is 6.42. The van der Waals surface area contributed by atoms with E-state index in [0.717, 1.165) is 41.9 Å². The first-order chi connectivity index (χ1) is 16.5. The molecule has 1 saturated heterocycles. The Bertz CT molecular complexity index is 1070. The highest BCUT2D eigenvalue weighted by Gasteiger charge is 2.27. The number of nitrogens with zero attached hydrogens (tertiary/aromatic N) is 2. The summed E-state index contributed by atoms with van der Waals surface area (Å²) in [5.74, 6) is 3.33. The lowest BCUT2D eigenvalue weighted by Crippen LogP contribution is -2.48. The highest BCUT2D eigenvalue weighted by atomic mass is 35.5. The largest absolute Gasteiger partial charge is 0.493 e. The van der Waals surface area contributed by atoms with Crippen molar-refractivity contribution >= 4 is 24.4 Å². The summed E-state index contributed by atoms with van der Waals surface area (Å²) in [5.41, 5.74) is 3.98. The van der Waals surface area contributed by atoms with Gasteiger partial charge in [-0.3, -0.25) is 9.69 Å². The van der Waals surface area contributed by atoms with Gasteiger partial charge in [-0.05, 0) is 47.0 Å². The molecule has 2 aromatic rings. The second-order valence-corrected chi connectivity index (χ2v) is 8.35. The molecule has 190 valence electrons. The summed E-state index contributed by atoms with van der Waals surface area (Å²) >= 11 is 0. The van der Waals surface area contributed by atoms with E-state index in [1.807, 2.05) is 35.2 Å². The van der Waals surface area contributed by atoms with Crippen molar-refractivity contribution in [1.29, 1.82) is 0 Å². The number of rotatable bonds is 8. The van der Waals surface area contributed by atoms with E-state index in [-0.39, 0.29) is 18.3 Å². The minimum Gasteiger partial charge on any atom is -0.493 e. The third-order valence-corrected chi connectivity index (χ3v) is 6.42. The number of carbonyl (C=O) groups is 1. The van der Waals surface area contributed by atoms with E-state index in [1.165, 1.54) is 0 Å². The van der Waals surface area contributed by atoms with Gasteiger partial charge in [-0.2, -0.15) is 0 Å². The van der Waals surface area contributed by atoms with Gasteiger partial charge in [0.25, 0.3) is 0 Å². The molecular weight excluding hydrogens is 472 g/mol. The van der Waals surface area contributed by atoms with Gasteiger partial charge in [0.1, 0.15) is 0 Å². The number of fused-ring (bicyclic) bond motifs is 1. The van der Waals surface area contributed by atoms with Crippen LogP contribution in [0.5, 0.6) is 28.7 Å². The Hall–Kier alpha value is -3.10. The molecule has 1 fully saturated rings. The van der Waals surface area contributed by atoms with E-state index in [1.54, 1.807) is 35.5 Å². The molecule has 0 aromatic heterocycles. The van der Waals surface area contributed by atoms with Crippen LogP contribution in [-0.2, 0) is 17.8 Å². The Kier molecular flexibility index (Phi) is 8.75. The monoisotopic (exact) mass is 504 g/mol. The number of hydrogen-bond acceptors (Lipinski definition) is 7. The molecule has 1 aliphatic heterocycles. The third kappa shape index (κ3) is 5.44. The standard InChI is InChI=1S/C26H32N2O6.ClH/c1-30-21-14-18-12-20(13-19(18)15-22(21)31-2)26(29)28-8-6-27(7-9-28)16-17-10-23(32-3)25(34-5)24(11-17)33-4;/h10-12,14-15H,6-9,13,16H2,1-5H3;1H. The number of amides is 1. The zero-order valence-corrected chi connectivity index (χ0v) is 21.7. The smallest absolute Gasteiger partial charge is 0.250 e. The van der Waals surface area contributed by atoms with Gasteiger partial charge in [-0.25, -0.2) is 0 Å². The molecule has 4 rings (SSSR count). The van der Waals surface area contributed by atoms with Gasteiger partial charge in [0.2, 0.25) is 11.7 Å². The number of hydrogen-bond donors (Lipinski definition) is 0.